The van der Waals surface area contributed by atoms with Gasteiger partial charge in [-0.25, -0.2) is 0 Å². The molecule has 2 aliphatic heterocycles. The zero-order valence-electron chi connectivity index (χ0n) is 12.9. The van der Waals surface area contributed by atoms with Gasteiger partial charge in [0.2, 0.25) is 5.91 Å². The molecule has 0 saturated carbocycles. The van der Waals surface area contributed by atoms with Crippen LogP contribution in [0.2, 0.25) is 0 Å². The van der Waals surface area contributed by atoms with E-state index in [2.05, 4.69) is 42.7 Å². The summed E-state index contributed by atoms with van der Waals surface area (Å²) in [6, 6.07) is 6.24. The van der Waals surface area contributed by atoms with E-state index in [4.69, 9.17) is 4.74 Å². The van der Waals surface area contributed by atoms with Gasteiger partial charge >= 0.3 is 0 Å². The van der Waals surface area contributed by atoms with Crippen molar-refractivity contribution in [2.75, 3.05) is 26.3 Å². The summed E-state index contributed by atoms with van der Waals surface area (Å²) in [5, 5.41) is 6.52. The van der Waals surface area contributed by atoms with Crippen molar-refractivity contribution in [1.29, 1.82) is 0 Å². The van der Waals surface area contributed by atoms with Gasteiger partial charge in [-0.1, -0.05) is 18.2 Å². The van der Waals surface area contributed by atoms with Gasteiger partial charge < -0.3 is 15.4 Å². The molecule has 4 nitrogen and oxygen atoms in total. The molecule has 2 saturated heterocycles. The van der Waals surface area contributed by atoms with Crippen molar-refractivity contribution in [3.8, 4) is 0 Å². The molecule has 0 aromatic heterocycles. The number of rotatable bonds is 3. The van der Waals surface area contributed by atoms with Crippen LogP contribution in [0.3, 0.4) is 0 Å². The van der Waals surface area contributed by atoms with Crippen molar-refractivity contribution >= 4 is 5.91 Å². The van der Waals surface area contributed by atoms with Crippen molar-refractivity contribution < 1.29 is 9.53 Å². The molecule has 1 aromatic rings. The molecular formula is C17H24N2O2. The zero-order valence-corrected chi connectivity index (χ0v) is 12.9. The first-order valence-electron chi connectivity index (χ1n) is 7.75. The van der Waals surface area contributed by atoms with Crippen molar-refractivity contribution in [3.05, 3.63) is 34.9 Å². The minimum atomic E-state index is -0.366. The molecule has 21 heavy (non-hydrogen) atoms. The average Bonchev–Trinajstić information content (AvgIpc) is 2.91. The molecule has 4 heteroatoms. The van der Waals surface area contributed by atoms with Gasteiger partial charge in [0.05, 0.1) is 12.0 Å². The quantitative estimate of drug-likeness (QED) is 0.887. The molecule has 0 spiro atoms. The van der Waals surface area contributed by atoms with Crippen molar-refractivity contribution in [3.63, 3.8) is 0 Å². The van der Waals surface area contributed by atoms with Gasteiger partial charge in [-0.2, -0.15) is 0 Å². The highest BCUT2D eigenvalue weighted by atomic mass is 16.5. The van der Waals surface area contributed by atoms with Crippen LogP contribution in [0.4, 0.5) is 0 Å². The summed E-state index contributed by atoms with van der Waals surface area (Å²) >= 11 is 0. The lowest BCUT2D eigenvalue weighted by molar-refractivity contribution is -0.141. The van der Waals surface area contributed by atoms with Crippen LogP contribution in [0.5, 0.6) is 0 Å². The molecule has 0 aliphatic carbocycles. The summed E-state index contributed by atoms with van der Waals surface area (Å²) in [5.41, 5.74) is 3.32. The second-order valence-electron chi connectivity index (χ2n) is 6.38. The number of aryl methyl sites for hydroxylation is 2. The number of benzene rings is 1. The predicted molar refractivity (Wildman–Crippen MR) is 82.0 cm³/mol. The van der Waals surface area contributed by atoms with Gasteiger partial charge in [0.25, 0.3) is 0 Å². The van der Waals surface area contributed by atoms with Crippen LogP contribution in [-0.2, 0) is 16.1 Å². The third-order valence-electron chi connectivity index (χ3n) is 5.11. The van der Waals surface area contributed by atoms with E-state index in [0.29, 0.717) is 19.1 Å². The van der Waals surface area contributed by atoms with Crippen LogP contribution in [0.1, 0.15) is 23.1 Å². The van der Waals surface area contributed by atoms with Gasteiger partial charge in [-0.15, -0.1) is 0 Å². The zero-order chi connectivity index (χ0) is 14.9. The van der Waals surface area contributed by atoms with Crippen LogP contribution in [0, 0.1) is 25.2 Å². The lowest BCUT2D eigenvalue weighted by Gasteiger charge is -2.36. The Bertz CT molecular complexity index is 523. The maximum absolute atomic E-state index is 12.8. The molecule has 114 valence electrons. The Labute approximate surface area is 126 Å². The van der Waals surface area contributed by atoms with E-state index in [-0.39, 0.29) is 11.3 Å². The fourth-order valence-electron chi connectivity index (χ4n) is 3.64. The Balaban J connectivity index is 1.72. The Morgan fingerprint density at radius 3 is 2.95 bits per heavy atom. The van der Waals surface area contributed by atoms with Crippen LogP contribution < -0.4 is 10.6 Å². The number of nitrogens with one attached hydrogen (secondary N) is 2. The predicted octanol–water partition coefficient (Wildman–Crippen LogP) is 1.55. The van der Waals surface area contributed by atoms with Crippen LogP contribution in [0.15, 0.2) is 18.2 Å². The molecule has 1 aromatic carbocycles. The molecule has 2 N–H and O–H groups in total. The van der Waals surface area contributed by atoms with Gasteiger partial charge in [-0.3, -0.25) is 4.79 Å². The van der Waals surface area contributed by atoms with Crippen LogP contribution >= 0.6 is 0 Å². The molecule has 1 amide bonds. The number of hydrogen-bond acceptors (Lipinski definition) is 3. The number of fused-ring (bicyclic) bond motifs is 1. The lowest BCUT2D eigenvalue weighted by atomic mass is 9.75. The topological polar surface area (TPSA) is 50.4 Å². The summed E-state index contributed by atoms with van der Waals surface area (Å²) < 4.78 is 5.61. The number of amides is 1. The SMILES string of the molecule is Cc1cccc(C)c1CNC(=O)[C@]12CNC[C@H]1CCOC2. The van der Waals surface area contributed by atoms with Gasteiger partial charge in [0.1, 0.15) is 0 Å². The van der Waals surface area contributed by atoms with Crippen molar-refractivity contribution in [2.24, 2.45) is 11.3 Å². The number of carbonyl (C=O) groups excluding carboxylic acids is 1. The monoisotopic (exact) mass is 288 g/mol. The van der Waals surface area contributed by atoms with Crippen LogP contribution in [0.25, 0.3) is 0 Å². The fourth-order valence-corrected chi connectivity index (χ4v) is 3.64. The minimum Gasteiger partial charge on any atom is -0.380 e. The van der Waals surface area contributed by atoms with E-state index >= 15 is 0 Å². The summed E-state index contributed by atoms with van der Waals surface area (Å²) in [4.78, 5) is 12.8. The molecular weight excluding hydrogens is 264 g/mol. The Morgan fingerprint density at radius 1 is 1.43 bits per heavy atom. The first kappa shape index (κ1) is 14.5. The average molecular weight is 288 g/mol. The first-order chi connectivity index (χ1) is 10.1. The third kappa shape index (κ3) is 2.58. The summed E-state index contributed by atoms with van der Waals surface area (Å²) in [5.74, 6) is 0.545. The van der Waals surface area contributed by atoms with E-state index < -0.39 is 0 Å². The minimum absolute atomic E-state index is 0.139. The second-order valence-corrected chi connectivity index (χ2v) is 6.38. The van der Waals surface area contributed by atoms with E-state index in [1.54, 1.807) is 0 Å². The van der Waals surface area contributed by atoms with E-state index in [1.807, 2.05) is 0 Å². The number of ether oxygens (including phenoxy) is 1. The molecule has 0 bridgehead atoms. The Kier molecular flexibility index (Phi) is 4.00. The smallest absolute Gasteiger partial charge is 0.230 e. The maximum Gasteiger partial charge on any atom is 0.230 e. The molecule has 2 aliphatic rings. The first-order valence-corrected chi connectivity index (χ1v) is 7.75. The number of carbonyl (C=O) groups is 1. The van der Waals surface area contributed by atoms with Crippen molar-refractivity contribution in [1.82, 2.24) is 10.6 Å². The molecule has 2 fully saturated rings. The van der Waals surface area contributed by atoms with Gasteiger partial charge in [0, 0.05) is 19.7 Å². The van der Waals surface area contributed by atoms with Crippen molar-refractivity contribution in [2.45, 2.75) is 26.8 Å². The molecule has 0 radical (unpaired) electrons. The molecule has 0 unspecified atom stereocenters. The molecule has 3 rings (SSSR count). The highest BCUT2D eigenvalue weighted by Gasteiger charge is 2.50. The summed E-state index contributed by atoms with van der Waals surface area (Å²) in [6.07, 6.45) is 0.976. The normalized spacial score (nSPS) is 28.2. The molecule has 2 atom stereocenters. The maximum atomic E-state index is 12.8. The van der Waals surface area contributed by atoms with Gasteiger partial charge in [0.15, 0.2) is 0 Å². The molecule has 2 heterocycles. The van der Waals surface area contributed by atoms with Crippen LogP contribution in [-0.4, -0.2) is 32.2 Å². The van der Waals surface area contributed by atoms with E-state index in [1.165, 1.54) is 16.7 Å². The Morgan fingerprint density at radius 2 is 2.19 bits per heavy atom. The second kappa shape index (κ2) is 5.78. The summed E-state index contributed by atoms with van der Waals surface area (Å²) in [7, 11) is 0. The Hall–Kier alpha value is -1.39. The highest BCUT2D eigenvalue weighted by molar-refractivity contribution is 5.84. The lowest BCUT2D eigenvalue weighted by Crippen LogP contribution is -2.51. The fraction of sp³-hybridized carbons (Fsp3) is 0.588. The third-order valence-corrected chi connectivity index (χ3v) is 5.11. The van der Waals surface area contributed by atoms with Gasteiger partial charge in [-0.05, 0) is 49.4 Å². The number of hydrogen-bond donors (Lipinski definition) is 2. The highest BCUT2D eigenvalue weighted by Crippen LogP contribution is 2.37. The standard InChI is InChI=1S/C17H24N2O2/c1-12-4-3-5-13(2)15(12)9-19-16(20)17-10-18-8-14(17)6-7-21-11-17/h3-5,14,18H,6-11H2,1-2H3,(H,19,20)/t14-,17+/m1/s1. The largest absolute Gasteiger partial charge is 0.380 e. The summed E-state index contributed by atoms with van der Waals surface area (Å²) in [6.45, 7) is 7.77. The van der Waals surface area contributed by atoms with E-state index in [9.17, 15) is 4.79 Å². The van der Waals surface area contributed by atoms with E-state index in [0.717, 1.165) is 26.1 Å².